The van der Waals surface area contributed by atoms with Crippen molar-refractivity contribution in [2.24, 2.45) is 11.8 Å². The highest BCUT2D eigenvalue weighted by molar-refractivity contribution is 5.81. The third kappa shape index (κ3) is 2.54. The summed E-state index contributed by atoms with van der Waals surface area (Å²) in [5, 5.41) is 3.01. The molecular formula is C15H18F2N2O. The lowest BCUT2D eigenvalue weighted by atomic mass is 10.0. The van der Waals surface area contributed by atoms with Crippen LogP contribution in [0.25, 0.3) is 0 Å². The number of nitrogens with one attached hydrogen (secondary N) is 1. The van der Waals surface area contributed by atoms with Crippen molar-refractivity contribution in [3.63, 3.8) is 0 Å². The molecule has 3 rings (SSSR count). The van der Waals surface area contributed by atoms with Crippen LogP contribution < -0.4 is 5.32 Å². The van der Waals surface area contributed by atoms with Crippen molar-refractivity contribution in [1.29, 1.82) is 0 Å². The second kappa shape index (κ2) is 5.13. The Morgan fingerprint density at radius 3 is 2.80 bits per heavy atom. The van der Waals surface area contributed by atoms with Gasteiger partial charge in [-0.05, 0) is 36.8 Å². The van der Waals surface area contributed by atoms with E-state index in [1.165, 1.54) is 25.0 Å². The van der Waals surface area contributed by atoms with Crippen molar-refractivity contribution in [2.75, 3.05) is 13.1 Å². The maximum absolute atomic E-state index is 13.9. The number of amides is 1. The van der Waals surface area contributed by atoms with E-state index in [1.807, 2.05) is 0 Å². The van der Waals surface area contributed by atoms with Gasteiger partial charge in [0.1, 0.15) is 17.8 Å². The Morgan fingerprint density at radius 2 is 2.15 bits per heavy atom. The van der Waals surface area contributed by atoms with Gasteiger partial charge in [0.25, 0.3) is 0 Å². The molecule has 2 fully saturated rings. The number of hydrogen-bond acceptors (Lipinski definition) is 2. The number of carbonyl (C=O) groups is 1. The molecule has 20 heavy (non-hydrogen) atoms. The minimum Gasteiger partial charge on any atom is -0.321 e. The van der Waals surface area contributed by atoms with Gasteiger partial charge in [-0.2, -0.15) is 0 Å². The molecule has 0 radical (unpaired) electrons. The van der Waals surface area contributed by atoms with E-state index in [0.29, 0.717) is 23.9 Å². The Balaban J connectivity index is 1.81. The maximum Gasteiger partial charge on any atom is 0.238 e. The largest absolute Gasteiger partial charge is 0.321 e. The van der Waals surface area contributed by atoms with Crippen LogP contribution in [0.5, 0.6) is 0 Å². The average molecular weight is 280 g/mol. The topological polar surface area (TPSA) is 32.3 Å². The number of carbonyl (C=O) groups excluding carboxylic acids is 1. The summed E-state index contributed by atoms with van der Waals surface area (Å²) in [4.78, 5) is 13.7. The zero-order valence-electron chi connectivity index (χ0n) is 11.4. The smallest absolute Gasteiger partial charge is 0.238 e. The van der Waals surface area contributed by atoms with E-state index >= 15 is 0 Å². The van der Waals surface area contributed by atoms with Crippen LogP contribution in [0.15, 0.2) is 18.2 Å². The lowest BCUT2D eigenvalue weighted by molar-refractivity contribution is -0.128. The first-order chi connectivity index (χ1) is 9.56. The predicted octanol–water partition coefficient (Wildman–Crippen LogP) is 2.44. The van der Waals surface area contributed by atoms with Gasteiger partial charge in [-0.25, -0.2) is 8.78 Å². The standard InChI is InChI=1S/C15H18F2N2O/c1-9(10-2-3-10)8-19-14(20)7-18-15(19)12-5-4-11(16)6-13(12)17/h4-6,9-10,15,18H,2-3,7-8H2,1H3. The Bertz CT molecular complexity index is 531. The fourth-order valence-corrected chi connectivity index (χ4v) is 2.87. The molecule has 1 N–H and O–H groups in total. The summed E-state index contributed by atoms with van der Waals surface area (Å²) in [6, 6.07) is 3.50. The summed E-state index contributed by atoms with van der Waals surface area (Å²) in [6.07, 6.45) is 1.95. The highest BCUT2D eigenvalue weighted by Gasteiger charge is 2.37. The van der Waals surface area contributed by atoms with Gasteiger partial charge >= 0.3 is 0 Å². The molecule has 108 valence electrons. The Morgan fingerprint density at radius 1 is 1.40 bits per heavy atom. The van der Waals surface area contributed by atoms with Crippen LogP contribution in [0.1, 0.15) is 31.5 Å². The SMILES string of the molecule is CC(CN1C(=O)CNC1c1ccc(F)cc1F)C1CC1. The first-order valence-electron chi connectivity index (χ1n) is 7.04. The fraction of sp³-hybridized carbons (Fsp3) is 0.533. The Kier molecular flexibility index (Phi) is 3.46. The van der Waals surface area contributed by atoms with Crippen LogP contribution in [-0.4, -0.2) is 23.9 Å². The van der Waals surface area contributed by atoms with Gasteiger partial charge in [0, 0.05) is 18.2 Å². The van der Waals surface area contributed by atoms with Crippen LogP contribution in [0.3, 0.4) is 0 Å². The molecule has 1 aromatic rings. The lowest BCUT2D eigenvalue weighted by Gasteiger charge is -2.27. The molecule has 1 aliphatic heterocycles. The van der Waals surface area contributed by atoms with Crippen LogP contribution in [-0.2, 0) is 4.79 Å². The van der Waals surface area contributed by atoms with Crippen LogP contribution in [0, 0.1) is 23.5 Å². The molecule has 2 atom stereocenters. The second-order valence-corrected chi connectivity index (χ2v) is 5.81. The highest BCUT2D eigenvalue weighted by Crippen LogP contribution is 2.38. The first kappa shape index (κ1) is 13.5. The molecule has 3 nitrogen and oxygen atoms in total. The Labute approximate surface area is 117 Å². The van der Waals surface area contributed by atoms with Gasteiger partial charge in [-0.15, -0.1) is 0 Å². The van der Waals surface area contributed by atoms with Crippen LogP contribution in [0.2, 0.25) is 0 Å². The number of rotatable bonds is 4. The van der Waals surface area contributed by atoms with E-state index < -0.39 is 17.8 Å². The highest BCUT2D eigenvalue weighted by atomic mass is 19.1. The van der Waals surface area contributed by atoms with Gasteiger partial charge < -0.3 is 4.90 Å². The van der Waals surface area contributed by atoms with E-state index in [0.717, 1.165) is 6.07 Å². The lowest BCUT2D eigenvalue weighted by Crippen LogP contribution is -2.35. The predicted molar refractivity (Wildman–Crippen MR) is 70.7 cm³/mol. The second-order valence-electron chi connectivity index (χ2n) is 5.81. The molecule has 0 aromatic heterocycles. The van der Waals surface area contributed by atoms with E-state index in [9.17, 15) is 13.6 Å². The molecule has 1 aromatic carbocycles. The summed E-state index contributed by atoms with van der Waals surface area (Å²) in [5.41, 5.74) is 0.334. The molecule has 2 unspecified atom stereocenters. The quantitative estimate of drug-likeness (QED) is 0.918. The number of benzene rings is 1. The number of halogens is 2. The summed E-state index contributed by atoms with van der Waals surface area (Å²) in [5.74, 6) is -0.132. The fourth-order valence-electron chi connectivity index (χ4n) is 2.87. The minimum absolute atomic E-state index is 0.0220. The molecule has 0 spiro atoms. The van der Waals surface area contributed by atoms with Crippen molar-refractivity contribution in [3.05, 3.63) is 35.4 Å². The Hall–Kier alpha value is -1.49. The van der Waals surface area contributed by atoms with E-state index in [2.05, 4.69) is 12.2 Å². The van der Waals surface area contributed by atoms with E-state index in [-0.39, 0.29) is 12.5 Å². The summed E-state index contributed by atoms with van der Waals surface area (Å²) in [6.45, 7) is 2.96. The molecular weight excluding hydrogens is 262 g/mol. The zero-order valence-corrected chi connectivity index (χ0v) is 11.4. The average Bonchev–Trinajstić information content (AvgIpc) is 3.18. The van der Waals surface area contributed by atoms with Gasteiger partial charge in [0.05, 0.1) is 6.54 Å². The molecule has 0 bridgehead atoms. The summed E-state index contributed by atoms with van der Waals surface area (Å²) >= 11 is 0. The summed E-state index contributed by atoms with van der Waals surface area (Å²) < 4.78 is 26.9. The van der Waals surface area contributed by atoms with Gasteiger partial charge in [-0.3, -0.25) is 10.1 Å². The number of nitrogens with zero attached hydrogens (tertiary/aromatic N) is 1. The first-order valence-corrected chi connectivity index (χ1v) is 7.04. The van der Waals surface area contributed by atoms with E-state index in [1.54, 1.807) is 4.90 Å². The van der Waals surface area contributed by atoms with Crippen molar-refractivity contribution < 1.29 is 13.6 Å². The normalized spacial score (nSPS) is 24.2. The van der Waals surface area contributed by atoms with Gasteiger partial charge in [0.15, 0.2) is 0 Å². The maximum atomic E-state index is 13.9. The third-order valence-corrected chi connectivity index (χ3v) is 4.25. The minimum atomic E-state index is -0.610. The zero-order chi connectivity index (χ0) is 14.3. The van der Waals surface area contributed by atoms with Crippen molar-refractivity contribution in [2.45, 2.75) is 25.9 Å². The molecule has 1 saturated carbocycles. The van der Waals surface area contributed by atoms with Crippen molar-refractivity contribution >= 4 is 5.91 Å². The molecule has 1 amide bonds. The van der Waals surface area contributed by atoms with Crippen molar-refractivity contribution in [1.82, 2.24) is 10.2 Å². The summed E-state index contributed by atoms with van der Waals surface area (Å²) in [7, 11) is 0. The van der Waals surface area contributed by atoms with Gasteiger partial charge in [0.2, 0.25) is 5.91 Å². The van der Waals surface area contributed by atoms with Crippen LogP contribution >= 0.6 is 0 Å². The molecule has 1 saturated heterocycles. The molecule has 2 aliphatic rings. The van der Waals surface area contributed by atoms with Crippen LogP contribution in [0.4, 0.5) is 8.78 Å². The monoisotopic (exact) mass is 280 g/mol. The number of hydrogen-bond donors (Lipinski definition) is 1. The molecule has 1 aliphatic carbocycles. The van der Waals surface area contributed by atoms with Crippen molar-refractivity contribution in [3.8, 4) is 0 Å². The molecule has 1 heterocycles. The third-order valence-electron chi connectivity index (χ3n) is 4.25. The molecule has 5 heteroatoms. The van der Waals surface area contributed by atoms with E-state index in [4.69, 9.17) is 0 Å². The van der Waals surface area contributed by atoms with Gasteiger partial charge in [-0.1, -0.05) is 6.92 Å².